The maximum atomic E-state index is 12.3. The first-order valence-electron chi connectivity index (χ1n) is 8.66. The largest absolute Gasteiger partial charge is 0.486 e. The van der Waals surface area contributed by atoms with Crippen LogP contribution in [0.1, 0.15) is 6.42 Å². The van der Waals surface area contributed by atoms with Crippen molar-refractivity contribution in [2.24, 2.45) is 0 Å². The number of hydrogen-bond acceptors (Lipinski definition) is 4. The Hall–Kier alpha value is -2.64. The smallest absolute Gasteiger partial charge is 0.317 e. The molecule has 3 heterocycles. The van der Waals surface area contributed by atoms with Crippen molar-refractivity contribution in [3.05, 3.63) is 24.3 Å². The Morgan fingerprint density at radius 3 is 3.00 bits per heavy atom. The van der Waals surface area contributed by atoms with Crippen LogP contribution in [0.5, 0.6) is 11.5 Å². The fourth-order valence-corrected chi connectivity index (χ4v) is 3.45. The Morgan fingerprint density at radius 1 is 1.28 bits per heavy atom. The Morgan fingerprint density at radius 2 is 2.12 bits per heavy atom. The van der Waals surface area contributed by atoms with E-state index in [2.05, 4.69) is 10.6 Å². The summed E-state index contributed by atoms with van der Waals surface area (Å²) in [5.41, 5.74) is 0. The van der Waals surface area contributed by atoms with Gasteiger partial charge in [-0.05, 0) is 12.1 Å². The lowest BCUT2D eigenvalue weighted by molar-refractivity contribution is 0.0842. The molecule has 2 N–H and O–H groups in total. The minimum absolute atomic E-state index is 0.0280. The van der Waals surface area contributed by atoms with Gasteiger partial charge in [-0.3, -0.25) is 0 Å². The number of piperazine rings is 1. The zero-order valence-electron chi connectivity index (χ0n) is 13.9. The number of fused-ring (bicyclic) bond motifs is 2. The van der Waals surface area contributed by atoms with Crippen LogP contribution >= 0.6 is 0 Å². The van der Waals surface area contributed by atoms with Gasteiger partial charge in [0.15, 0.2) is 11.5 Å². The molecule has 2 saturated heterocycles. The lowest BCUT2D eigenvalue weighted by atomic mass is 10.2. The molecule has 2 fully saturated rings. The number of para-hydroxylation sites is 2. The molecule has 8 heteroatoms. The fourth-order valence-electron chi connectivity index (χ4n) is 3.45. The number of ether oxygens (including phenoxy) is 2. The molecule has 0 saturated carbocycles. The summed E-state index contributed by atoms with van der Waals surface area (Å²) in [5, 5.41) is 5.76. The third-order valence-electron chi connectivity index (χ3n) is 4.83. The molecule has 0 radical (unpaired) electrons. The number of carbonyl (C=O) groups excluding carboxylic acids is 2. The van der Waals surface area contributed by atoms with E-state index in [9.17, 15) is 9.59 Å². The van der Waals surface area contributed by atoms with Crippen LogP contribution in [0.4, 0.5) is 9.59 Å². The van der Waals surface area contributed by atoms with Crippen LogP contribution in [0.3, 0.4) is 0 Å². The minimum atomic E-state index is -0.0869. The highest BCUT2D eigenvalue weighted by molar-refractivity contribution is 5.78. The van der Waals surface area contributed by atoms with Gasteiger partial charge in [0.25, 0.3) is 0 Å². The Kier molecular flexibility index (Phi) is 4.25. The van der Waals surface area contributed by atoms with Crippen molar-refractivity contribution in [1.29, 1.82) is 0 Å². The molecule has 0 aliphatic carbocycles. The average Bonchev–Trinajstić information content (AvgIpc) is 3.02. The van der Waals surface area contributed by atoms with Gasteiger partial charge in [-0.2, -0.15) is 0 Å². The van der Waals surface area contributed by atoms with Crippen LogP contribution in [0.15, 0.2) is 24.3 Å². The first-order valence-corrected chi connectivity index (χ1v) is 8.66. The SMILES string of the molecule is O=C(NCCC1COc2ccccc2O1)N1CCN2C(=O)NCC2C1. The van der Waals surface area contributed by atoms with E-state index in [0.29, 0.717) is 45.8 Å². The highest BCUT2D eigenvalue weighted by Crippen LogP contribution is 2.31. The molecule has 25 heavy (non-hydrogen) atoms. The number of urea groups is 2. The average molecular weight is 346 g/mol. The van der Waals surface area contributed by atoms with E-state index in [0.717, 1.165) is 11.5 Å². The molecule has 134 valence electrons. The van der Waals surface area contributed by atoms with Gasteiger partial charge in [0.1, 0.15) is 12.7 Å². The maximum absolute atomic E-state index is 12.3. The molecule has 8 nitrogen and oxygen atoms in total. The number of benzene rings is 1. The molecule has 3 aliphatic heterocycles. The predicted octanol–water partition coefficient (Wildman–Crippen LogP) is 0.635. The second kappa shape index (κ2) is 6.70. The van der Waals surface area contributed by atoms with Crippen LogP contribution in [0, 0.1) is 0 Å². The molecule has 2 unspecified atom stereocenters. The van der Waals surface area contributed by atoms with E-state index in [1.54, 1.807) is 9.80 Å². The van der Waals surface area contributed by atoms with Crippen molar-refractivity contribution in [3.63, 3.8) is 0 Å². The topological polar surface area (TPSA) is 83.1 Å². The molecule has 1 aromatic rings. The Labute approximate surface area is 146 Å². The van der Waals surface area contributed by atoms with Crippen LogP contribution in [-0.2, 0) is 0 Å². The molecule has 2 atom stereocenters. The molecule has 1 aromatic carbocycles. The van der Waals surface area contributed by atoms with Gasteiger partial charge in [0, 0.05) is 39.1 Å². The number of hydrogen-bond donors (Lipinski definition) is 2. The summed E-state index contributed by atoms with van der Waals surface area (Å²) in [7, 11) is 0. The molecule has 4 rings (SSSR count). The minimum Gasteiger partial charge on any atom is -0.486 e. The summed E-state index contributed by atoms with van der Waals surface area (Å²) in [4.78, 5) is 27.5. The Bertz CT molecular complexity index is 668. The van der Waals surface area contributed by atoms with Crippen LogP contribution in [0.2, 0.25) is 0 Å². The number of nitrogens with one attached hydrogen (secondary N) is 2. The first-order chi connectivity index (χ1) is 12.2. The summed E-state index contributed by atoms with van der Waals surface area (Å²) in [5.74, 6) is 1.51. The normalized spacial score (nSPS) is 24.6. The van der Waals surface area contributed by atoms with Crippen LogP contribution in [0.25, 0.3) is 0 Å². The van der Waals surface area contributed by atoms with Crippen molar-refractivity contribution >= 4 is 12.1 Å². The quantitative estimate of drug-likeness (QED) is 0.841. The van der Waals surface area contributed by atoms with E-state index in [1.807, 2.05) is 24.3 Å². The summed E-state index contributed by atoms with van der Waals surface area (Å²) in [6.45, 7) is 3.33. The van der Waals surface area contributed by atoms with E-state index >= 15 is 0 Å². The summed E-state index contributed by atoms with van der Waals surface area (Å²) in [6, 6.07) is 7.56. The molecule has 3 aliphatic rings. The third kappa shape index (κ3) is 3.29. The summed E-state index contributed by atoms with van der Waals surface area (Å²) in [6.07, 6.45) is 0.618. The van der Waals surface area contributed by atoms with Gasteiger partial charge < -0.3 is 29.9 Å². The maximum Gasteiger partial charge on any atom is 0.317 e. The highest BCUT2D eigenvalue weighted by atomic mass is 16.6. The van der Waals surface area contributed by atoms with Crippen molar-refractivity contribution in [2.75, 3.05) is 39.3 Å². The van der Waals surface area contributed by atoms with Crippen molar-refractivity contribution in [1.82, 2.24) is 20.4 Å². The predicted molar refractivity (Wildman–Crippen MR) is 89.8 cm³/mol. The lowest BCUT2D eigenvalue weighted by Gasteiger charge is -2.36. The Balaban J connectivity index is 1.22. The highest BCUT2D eigenvalue weighted by Gasteiger charge is 2.36. The zero-order chi connectivity index (χ0) is 17.2. The van der Waals surface area contributed by atoms with Crippen LogP contribution in [-0.4, -0.2) is 73.3 Å². The number of amides is 4. The van der Waals surface area contributed by atoms with Gasteiger partial charge in [0.2, 0.25) is 0 Å². The van der Waals surface area contributed by atoms with Gasteiger partial charge in [-0.25, -0.2) is 9.59 Å². The zero-order valence-corrected chi connectivity index (χ0v) is 13.9. The van der Waals surface area contributed by atoms with Crippen molar-refractivity contribution in [3.8, 4) is 11.5 Å². The van der Waals surface area contributed by atoms with Gasteiger partial charge in [0.05, 0.1) is 6.04 Å². The molecular formula is C17H22N4O4. The number of rotatable bonds is 3. The van der Waals surface area contributed by atoms with E-state index in [-0.39, 0.29) is 24.2 Å². The second-order valence-corrected chi connectivity index (χ2v) is 6.50. The molecular weight excluding hydrogens is 324 g/mol. The van der Waals surface area contributed by atoms with Crippen molar-refractivity contribution in [2.45, 2.75) is 18.6 Å². The molecule has 4 amide bonds. The van der Waals surface area contributed by atoms with Crippen LogP contribution < -0.4 is 20.1 Å². The standard InChI is InChI=1S/C17H22N4O4/c22-16(20-7-8-21-12(10-20)9-19-17(21)23)18-6-5-13-11-24-14-3-1-2-4-15(14)25-13/h1-4,12-13H,5-11H2,(H,18,22)(H,19,23). The summed E-state index contributed by atoms with van der Waals surface area (Å²) < 4.78 is 11.6. The first kappa shape index (κ1) is 15.9. The van der Waals surface area contributed by atoms with E-state index < -0.39 is 0 Å². The summed E-state index contributed by atoms with van der Waals surface area (Å²) >= 11 is 0. The fraction of sp³-hybridized carbons (Fsp3) is 0.529. The number of carbonyl (C=O) groups is 2. The second-order valence-electron chi connectivity index (χ2n) is 6.50. The third-order valence-corrected chi connectivity index (χ3v) is 4.83. The van der Waals surface area contributed by atoms with E-state index in [4.69, 9.17) is 9.47 Å². The molecule has 0 aromatic heterocycles. The van der Waals surface area contributed by atoms with Gasteiger partial charge in [-0.1, -0.05) is 12.1 Å². The number of nitrogens with zero attached hydrogens (tertiary/aromatic N) is 2. The van der Waals surface area contributed by atoms with Gasteiger partial charge in [-0.15, -0.1) is 0 Å². The van der Waals surface area contributed by atoms with Crippen molar-refractivity contribution < 1.29 is 19.1 Å². The van der Waals surface area contributed by atoms with Gasteiger partial charge >= 0.3 is 12.1 Å². The molecule has 0 bridgehead atoms. The molecule has 0 spiro atoms. The lowest BCUT2D eigenvalue weighted by Crippen LogP contribution is -2.56. The monoisotopic (exact) mass is 346 g/mol. The van der Waals surface area contributed by atoms with E-state index in [1.165, 1.54) is 0 Å².